The van der Waals surface area contributed by atoms with E-state index in [4.69, 9.17) is 4.74 Å². The maximum atomic E-state index is 13.4. The highest BCUT2D eigenvalue weighted by atomic mass is 32.1. The van der Waals surface area contributed by atoms with E-state index in [-0.39, 0.29) is 22.9 Å². The first kappa shape index (κ1) is 27.8. The van der Waals surface area contributed by atoms with Crippen molar-refractivity contribution in [3.63, 3.8) is 0 Å². The summed E-state index contributed by atoms with van der Waals surface area (Å²) in [5, 5.41) is 5.27. The zero-order valence-corrected chi connectivity index (χ0v) is 21.9. The number of anilines is 3. The number of hydrogen-bond acceptors (Lipinski definition) is 6. The van der Waals surface area contributed by atoms with Gasteiger partial charge in [-0.1, -0.05) is 12.1 Å². The summed E-state index contributed by atoms with van der Waals surface area (Å²) in [6, 6.07) is 11.3. The fourth-order valence-corrected chi connectivity index (χ4v) is 4.36. The lowest BCUT2D eigenvalue weighted by Gasteiger charge is -2.27. The third-order valence-corrected chi connectivity index (χ3v) is 6.49. The second-order valence-electron chi connectivity index (χ2n) is 9.10. The van der Waals surface area contributed by atoms with Crippen LogP contribution in [0.2, 0.25) is 0 Å². The Labute approximate surface area is 227 Å². The molecular weight excluding hydrogens is 535 g/mol. The largest absolute Gasteiger partial charge is 0.495 e. The lowest BCUT2D eigenvalue weighted by Crippen LogP contribution is -2.43. The van der Waals surface area contributed by atoms with E-state index in [1.165, 1.54) is 32.1 Å². The number of ether oxygens (including phenoxy) is 1. The number of aromatic nitrogens is 1. The Balaban J connectivity index is 1.52. The minimum Gasteiger partial charge on any atom is -0.495 e. The SMILES string of the molecule is COc1ccccc1NC(=O)Nc1cc(CN2C(=O)N(c3ccc(C(F)(F)F)cc3S)C(=O)C2(C)C)ccn1. The van der Waals surface area contributed by atoms with Crippen molar-refractivity contribution < 1.29 is 32.3 Å². The van der Waals surface area contributed by atoms with Crippen LogP contribution in [0.15, 0.2) is 65.7 Å². The average molecular weight is 560 g/mol. The van der Waals surface area contributed by atoms with Gasteiger partial charge in [0.1, 0.15) is 17.1 Å². The van der Waals surface area contributed by atoms with Gasteiger partial charge in [-0.3, -0.25) is 10.1 Å². The monoisotopic (exact) mass is 559 g/mol. The Bertz CT molecular complexity index is 1450. The van der Waals surface area contributed by atoms with Gasteiger partial charge in [-0.25, -0.2) is 19.5 Å². The molecule has 0 saturated carbocycles. The first-order valence-electron chi connectivity index (χ1n) is 11.5. The number of thiol groups is 1. The molecule has 1 aromatic heterocycles. The maximum absolute atomic E-state index is 13.4. The van der Waals surface area contributed by atoms with Gasteiger partial charge in [0.2, 0.25) is 0 Å². The van der Waals surface area contributed by atoms with Crippen LogP contribution in [0.5, 0.6) is 5.75 Å². The van der Waals surface area contributed by atoms with Crippen molar-refractivity contribution in [1.82, 2.24) is 9.88 Å². The minimum atomic E-state index is -4.60. The quantitative estimate of drug-likeness (QED) is 0.262. The number of imide groups is 1. The third kappa shape index (κ3) is 5.62. The summed E-state index contributed by atoms with van der Waals surface area (Å²) < 4.78 is 44.5. The Kier molecular flexibility index (Phi) is 7.46. The Morgan fingerprint density at radius 1 is 1.08 bits per heavy atom. The molecule has 4 rings (SSSR count). The van der Waals surface area contributed by atoms with E-state index in [0.717, 1.165) is 23.1 Å². The first-order valence-corrected chi connectivity index (χ1v) is 12.0. The van der Waals surface area contributed by atoms with Crippen molar-refractivity contribution in [2.24, 2.45) is 0 Å². The van der Waals surface area contributed by atoms with Crippen molar-refractivity contribution in [3.8, 4) is 5.75 Å². The molecule has 204 valence electrons. The molecule has 0 atom stereocenters. The van der Waals surface area contributed by atoms with E-state index in [0.29, 0.717) is 17.0 Å². The zero-order valence-electron chi connectivity index (χ0n) is 21.0. The summed E-state index contributed by atoms with van der Waals surface area (Å²) in [7, 11) is 1.48. The van der Waals surface area contributed by atoms with Crippen LogP contribution in [0.4, 0.5) is 40.0 Å². The number of pyridine rings is 1. The molecule has 0 aliphatic carbocycles. The normalized spacial score (nSPS) is 14.9. The van der Waals surface area contributed by atoms with E-state index in [1.54, 1.807) is 36.4 Å². The van der Waals surface area contributed by atoms with Gasteiger partial charge in [0.05, 0.1) is 24.0 Å². The highest BCUT2D eigenvalue weighted by molar-refractivity contribution is 7.80. The van der Waals surface area contributed by atoms with E-state index in [2.05, 4.69) is 28.2 Å². The lowest BCUT2D eigenvalue weighted by atomic mass is 10.0. The number of urea groups is 2. The van der Waals surface area contributed by atoms with Crippen molar-refractivity contribution >= 4 is 47.8 Å². The Morgan fingerprint density at radius 2 is 1.79 bits per heavy atom. The molecule has 2 aromatic carbocycles. The summed E-state index contributed by atoms with van der Waals surface area (Å²) in [6.45, 7) is 3.04. The molecule has 1 aliphatic heterocycles. The Hall–Kier alpha value is -4.26. The van der Waals surface area contributed by atoms with Crippen molar-refractivity contribution in [2.75, 3.05) is 22.6 Å². The second kappa shape index (κ2) is 10.5. The number of hydrogen-bond donors (Lipinski definition) is 3. The standard InChI is InChI=1S/C26H24F3N5O4S/c1-25(2)22(35)34(18-9-8-16(13-20(18)39)26(27,28)29)24(37)33(25)14-15-10-11-30-21(12-15)32-23(36)31-17-6-4-5-7-19(17)38-3/h4-13,39H,14H2,1-3H3,(H2,30,31,32,36). The number of para-hydroxylation sites is 2. The third-order valence-electron chi connectivity index (χ3n) is 6.13. The average Bonchev–Trinajstić information content (AvgIpc) is 3.03. The molecule has 0 spiro atoms. The molecule has 0 radical (unpaired) electrons. The number of carbonyl (C=O) groups is 3. The van der Waals surface area contributed by atoms with Crippen LogP contribution in [0.1, 0.15) is 25.0 Å². The highest BCUT2D eigenvalue weighted by Gasteiger charge is 2.52. The van der Waals surface area contributed by atoms with Gasteiger partial charge < -0.3 is 15.0 Å². The number of amides is 5. The number of benzene rings is 2. The number of nitrogens with zero attached hydrogens (tertiary/aromatic N) is 3. The minimum absolute atomic E-state index is 0.0397. The topological polar surface area (TPSA) is 104 Å². The van der Waals surface area contributed by atoms with E-state index < -0.39 is 35.2 Å². The van der Waals surface area contributed by atoms with Crippen molar-refractivity contribution in [3.05, 3.63) is 71.9 Å². The molecule has 1 saturated heterocycles. The van der Waals surface area contributed by atoms with Gasteiger partial charge in [-0.2, -0.15) is 13.2 Å². The molecule has 5 amide bonds. The van der Waals surface area contributed by atoms with Gasteiger partial charge in [-0.05, 0) is 61.9 Å². The van der Waals surface area contributed by atoms with Crippen molar-refractivity contribution in [1.29, 1.82) is 0 Å². The molecule has 0 unspecified atom stereocenters. The first-order chi connectivity index (χ1) is 18.3. The predicted molar refractivity (Wildman–Crippen MR) is 141 cm³/mol. The smallest absolute Gasteiger partial charge is 0.416 e. The van der Waals surface area contributed by atoms with Crippen LogP contribution in [-0.4, -0.2) is 40.5 Å². The van der Waals surface area contributed by atoms with Crippen molar-refractivity contribution in [2.45, 2.75) is 37.0 Å². The van der Waals surface area contributed by atoms with E-state index in [9.17, 15) is 27.6 Å². The van der Waals surface area contributed by atoms with Crippen LogP contribution in [0.25, 0.3) is 0 Å². The van der Waals surface area contributed by atoms with Crippen LogP contribution in [-0.2, 0) is 17.5 Å². The van der Waals surface area contributed by atoms with Crippen LogP contribution in [0.3, 0.4) is 0 Å². The van der Waals surface area contributed by atoms with Crippen LogP contribution < -0.4 is 20.3 Å². The number of rotatable bonds is 6. The van der Waals surface area contributed by atoms with E-state index in [1.807, 2.05) is 0 Å². The lowest BCUT2D eigenvalue weighted by molar-refractivity contribution is -0.137. The fraction of sp³-hybridized carbons (Fsp3) is 0.231. The summed E-state index contributed by atoms with van der Waals surface area (Å²) in [5.74, 6) is 0.0369. The van der Waals surface area contributed by atoms with Gasteiger partial charge in [0, 0.05) is 17.6 Å². The summed E-state index contributed by atoms with van der Waals surface area (Å²) >= 11 is 4.11. The molecule has 39 heavy (non-hydrogen) atoms. The molecule has 1 aliphatic rings. The van der Waals surface area contributed by atoms with E-state index >= 15 is 0 Å². The molecular formula is C26H24F3N5O4S. The van der Waals surface area contributed by atoms with Gasteiger partial charge in [0.15, 0.2) is 0 Å². The van der Waals surface area contributed by atoms with Gasteiger partial charge in [-0.15, -0.1) is 12.6 Å². The highest BCUT2D eigenvalue weighted by Crippen LogP contribution is 2.39. The number of nitrogens with one attached hydrogen (secondary N) is 2. The fourth-order valence-electron chi connectivity index (χ4n) is 4.04. The number of alkyl halides is 3. The van der Waals surface area contributed by atoms with Crippen LogP contribution >= 0.6 is 12.6 Å². The molecule has 0 bridgehead atoms. The zero-order chi connectivity index (χ0) is 28.5. The molecule has 9 nitrogen and oxygen atoms in total. The van der Waals surface area contributed by atoms with Gasteiger partial charge >= 0.3 is 18.2 Å². The molecule has 2 N–H and O–H groups in total. The number of methoxy groups -OCH3 is 1. The second-order valence-corrected chi connectivity index (χ2v) is 9.58. The van der Waals surface area contributed by atoms with Crippen LogP contribution in [0, 0.1) is 0 Å². The summed E-state index contributed by atoms with van der Waals surface area (Å²) in [5.41, 5.74) is -1.33. The molecule has 1 fully saturated rings. The maximum Gasteiger partial charge on any atom is 0.416 e. The molecule has 3 aromatic rings. The van der Waals surface area contributed by atoms with Gasteiger partial charge in [0.25, 0.3) is 5.91 Å². The molecule has 13 heteroatoms. The Morgan fingerprint density at radius 3 is 2.46 bits per heavy atom. The predicted octanol–water partition coefficient (Wildman–Crippen LogP) is 5.79. The number of halogens is 3. The molecule has 2 heterocycles. The summed E-state index contributed by atoms with van der Waals surface area (Å²) in [6.07, 6.45) is -3.17. The summed E-state index contributed by atoms with van der Waals surface area (Å²) in [4.78, 5) is 45.2. The number of carbonyl (C=O) groups excluding carboxylic acids is 3.